The van der Waals surface area contributed by atoms with E-state index < -0.39 is 33.5 Å². The molecule has 128 valence electrons. The van der Waals surface area contributed by atoms with E-state index in [9.17, 15) is 22.7 Å². The van der Waals surface area contributed by atoms with Crippen molar-refractivity contribution in [3.05, 3.63) is 35.6 Å². The van der Waals surface area contributed by atoms with Gasteiger partial charge in [-0.2, -0.15) is 8.42 Å². The van der Waals surface area contributed by atoms with Crippen molar-refractivity contribution in [2.75, 3.05) is 18.1 Å². The van der Waals surface area contributed by atoms with Crippen LogP contribution in [0.3, 0.4) is 0 Å². The SMILES string of the molecule is CC(=O)SCC(Cc1ccc(F)cc1)C([O-])=NCCS(=O)(=O)O.[Na+]. The van der Waals surface area contributed by atoms with Crippen molar-refractivity contribution in [1.82, 2.24) is 0 Å². The van der Waals surface area contributed by atoms with E-state index in [2.05, 4.69) is 4.99 Å². The molecule has 0 saturated carbocycles. The monoisotopic (exact) mass is 385 g/mol. The van der Waals surface area contributed by atoms with Gasteiger partial charge in [-0.15, -0.1) is 0 Å². The Morgan fingerprint density at radius 2 is 1.96 bits per heavy atom. The van der Waals surface area contributed by atoms with Crippen LogP contribution in [0, 0.1) is 11.7 Å². The second-order valence-corrected chi connectivity index (χ2v) is 7.61. The van der Waals surface area contributed by atoms with Crippen molar-refractivity contribution in [2.45, 2.75) is 13.3 Å². The van der Waals surface area contributed by atoms with Gasteiger partial charge in [0.15, 0.2) is 5.12 Å². The van der Waals surface area contributed by atoms with Gasteiger partial charge in [0.1, 0.15) is 5.82 Å². The Labute approximate surface area is 167 Å². The van der Waals surface area contributed by atoms with Gasteiger partial charge in [-0.1, -0.05) is 23.9 Å². The molecule has 1 atom stereocenters. The normalized spacial score (nSPS) is 13.2. The summed E-state index contributed by atoms with van der Waals surface area (Å²) in [4.78, 5) is 14.7. The van der Waals surface area contributed by atoms with Crippen LogP contribution in [0.5, 0.6) is 0 Å². The van der Waals surface area contributed by atoms with Gasteiger partial charge in [0.2, 0.25) is 0 Å². The second kappa shape index (κ2) is 11.2. The maximum atomic E-state index is 12.9. The first kappa shape index (κ1) is 23.5. The standard InChI is InChI=1S/C14H18FNO5S2.Na/c1-10(17)22-9-12(8-11-2-4-13(15)5-3-11)14(18)16-6-7-23(19,20)21;/h2-5,12H,6-9H2,1H3,(H,16,18)(H,19,20,21);/q;+1/p-1. The molecule has 0 aromatic heterocycles. The van der Waals surface area contributed by atoms with Crippen LogP contribution < -0.4 is 34.7 Å². The third kappa shape index (κ3) is 10.4. The molecular weight excluding hydrogens is 368 g/mol. The molecule has 1 aromatic rings. The van der Waals surface area contributed by atoms with Gasteiger partial charge in [0.25, 0.3) is 10.1 Å². The number of halogens is 1. The van der Waals surface area contributed by atoms with Gasteiger partial charge < -0.3 is 10.1 Å². The minimum atomic E-state index is -4.18. The third-order valence-corrected chi connectivity index (χ3v) is 4.52. The first-order valence-electron chi connectivity index (χ1n) is 6.71. The molecule has 24 heavy (non-hydrogen) atoms. The van der Waals surface area contributed by atoms with Crippen LogP contribution in [-0.2, 0) is 21.3 Å². The quantitative estimate of drug-likeness (QED) is 0.238. The van der Waals surface area contributed by atoms with Crippen molar-refractivity contribution in [1.29, 1.82) is 0 Å². The fourth-order valence-corrected chi connectivity index (χ4v) is 2.76. The van der Waals surface area contributed by atoms with E-state index in [1.165, 1.54) is 31.2 Å². The maximum absolute atomic E-state index is 12.9. The first-order chi connectivity index (χ1) is 10.7. The molecule has 1 rings (SSSR count). The Kier molecular flexibility index (Phi) is 11.0. The predicted molar refractivity (Wildman–Crippen MR) is 85.5 cm³/mol. The predicted octanol–water partition coefficient (Wildman–Crippen LogP) is -2.09. The molecule has 0 fully saturated rings. The zero-order valence-electron chi connectivity index (χ0n) is 13.4. The Morgan fingerprint density at radius 3 is 2.46 bits per heavy atom. The van der Waals surface area contributed by atoms with Crippen LogP contribution in [0.1, 0.15) is 12.5 Å². The number of aliphatic imine (C=N–C) groups is 1. The summed E-state index contributed by atoms with van der Waals surface area (Å²) in [5, 5.41) is 11.9. The number of carbonyl (C=O) groups excluding carboxylic acids is 1. The Bertz CT molecular complexity index is 664. The Morgan fingerprint density at radius 1 is 1.38 bits per heavy atom. The number of nitrogens with zero attached hydrogens (tertiary/aromatic N) is 1. The van der Waals surface area contributed by atoms with E-state index in [1.54, 1.807) is 0 Å². The summed E-state index contributed by atoms with van der Waals surface area (Å²) < 4.78 is 42.8. The van der Waals surface area contributed by atoms with Crippen molar-refractivity contribution < 1.29 is 56.8 Å². The zero-order valence-corrected chi connectivity index (χ0v) is 17.1. The molecule has 0 amide bonds. The van der Waals surface area contributed by atoms with Gasteiger partial charge in [-0.3, -0.25) is 9.35 Å². The Balaban J connectivity index is 0.00000529. The van der Waals surface area contributed by atoms with Crippen LogP contribution in [0.25, 0.3) is 0 Å². The summed E-state index contributed by atoms with van der Waals surface area (Å²) in [6.45, 7) is 1.03. The average Bonchev–Trinajstić information content (AvgIpc) is 2.43. The number of hydrogen-bond acceptors (Lipinski definition) is 6. The minimum Gasteiger partial charge on any atom is -0.862 e. The largest absolute Gasteiger partial charge is 1.00 e. The van der Waals surface area contributed by atoms with Crippen LogP contribution in [-0.4, -0.2) is 42.0 Å². The summed E-state index contributed by atoms with van der Waals surface area (Å²) in [6, 6.07) is 5.60. The van der Waals surface area contributed by atoms with Crippen molar-refractivity contribution in [2.24, 2.45) is 10.9 Å². The maximum Gasteiger partial charge on any atom is 1.00 e. The fraction of sp³-hybridized carbons (Fsp3) is 0.429. The molecule has 0 aliphatic rings. The van der Waals surface area contributed by atoms with Gasteiger partial charge in [0.05, 0.1) is 12.3 Å². The average molecular weight is 385 g/mol. The van der Waals surface area contributed by atoms with E-state index in [4.69, 9.17) is 4.55 Å². The van der Waals surface area contributed by atoms with Crippen LogP contribution in [0.2, 0.25) is 0 Å². The number of hydrogen-bond donors (Lipinski definition) is 1. The molecule has 1 unspecified atom stereocenters. The molecule has 0 spiro atoms. The zero-order chi connectivity index (χ0) is 17.5. The molecule has 0 aliphatic carbocycles. The van der Waals surface area contributed by atoms with Crippen LogP contribution >= 0.6 is 11.8 Å². The number of thioether (sulfide) groups is 1. The number of carbonyl (C=O) groups is 1. The fourth-order valence-electron chi connectivity index (χ4n) is 1.74. The summed E-state index contributed by atoms with van der Waals surface area (Å²) in [6.07, 6.45) is 0.259. The summed E-state index contributed by atoms with van der Waals surface area (Å²) in [5.41, 5.74) is 0.707. The summed E-state index contributed by atoms with van der Waals surface area (Å²) in [7, 11) is -4.18. The van der Waals surface area contributed by atoms with E-state index in [0.717, 1.165) is 11.8 Å². The molecule has 1 aromatic carbocycles. The van der Waals surface area contributed by atoms with Crippen LogP contribution in [0.4, 0.5) is 4.39 Å². The summed E-state index contributed by atoms with van der Waals surface area (Å²) in [5.74, 6) is -2.02. The molecule has 1 N–H and O–H groups in total. The molecule has 0 radical (unpaired) electrons. The Hall–Kier alpha value is -0.450. The van der Waals surface area contributed by atoms with E-state index >= 15 is 0 Å². The molecular formula is C14H17FNNaO5S2. The van der Waals surface area contributed by atoms with Crippen molar-refractivity contribution in [3.63, 3.8) is 0 Å². The molecule has 0 heterocycles. The molecule has 10 heteroatoms. The van der Waals surface area contributed by atoms with Gasteiger partial charge in [-0.25, -0.2) is 4.39 Å². The topological polar surface area (TPSA) is 107 Å². The molecule has 0 saturated heterocycles. The molecule has 0 bridgehead atoms. The third-order valence-electron chi connectivity index (χ3n) is 2.85. The second-order valence-electron chi connectivity index (χ2n) is 4.84. The molecule has 0 aliphatic heterocycles. The van der Waals surface area contributed by atoms with E-state index in [0.29, 0.717) is 5.56 Å². The van der Waals surface area contributed by atoms with E-state index in [1.807, 2.05) is 0 Å². The first-order valence-corrected chi connectivity index (χ1v) is 9.31. The molecule has 6 nitrogen and oxygen atoms in total. The van der Waals surface area contributed by atoms with Gasteiger partial charge in [0, 0.05) is 18.6 Å². The number of benzene rings is 1. The van der Waals surface area contributed by atoms with E-state index in [-0.39, 0.29) is 53.4 Å². The van der Waals surface area contributed by atoms with Crippen LogP contribution in [0.15, 0.2) is 29.3 Å². The van der Waals surface area contributed by atoms with Gasteiger partial charge in [-0.05, 0) is 30.0 Å². The minimum absolute atomic E-state index is 0. The van der Waals surface area contributed by atoms with Crippen molar-refractivity contribution in [3.8, 4) is 0 Å². The van der Waals surface area contributed by atoms with Gasteiger partial charge >= 0.3 is 29.6 Å². The summed E-state index contributed by atoms with van der Waals surface area (Å²) >= 11 is 0.968. The number of rotatable bonds is 8. The van der Waals surface area contributed by atoms with Crippen molar-refractivity contribution >= 4 is 32.9 Å². The smallest absolute Gasteiger partial charge is 0.862 e.